The Hall–Kier alpha value is -2.90. The third-order valence-corrected chi connectivity index (χ3v) is 8.60. The number of hydrogen-bond donors (Lipinski definition) is 1. The second-order valence-electron chi connectivity index (χ2n) is 9.24. The molecule has 0 amide bonds. The molecular formula is C26H27N3O3S. The summed E-state index contributed by atoms with van der Waals surface area (Å²) in [6.45, 7) is 3.45. The van der Waals surface area contributed by atoms with Gasteiger partial charge in [-0.3, -0.25) is 9.36 Å². The highest BCUT2D eigenvalue weighted by Gasteiger charge is 2.38. The van der Waals surface area contributed by atoms with Crippen molar-refractivity contribution in [2.75, 3.05) is 26.7 Å². The largest absolute Gasteiger partial charge is 0.496 e. The quantitative estimate of drug-likeness (QED) is 0.489. The summed E-state index contributed by atoms with van der Waals surface area (Å²) in [6, 6.07) is 14.3. The highest BCUT2D eigenvalue weighted by atomic mass is 32.1. The van der Waals surface area contributed by atoms with Gasteiger partial charge in [0.05, 0.1) is 12.6 Å². The molecule has 0 radical (unpaired) electrons. The molecule has 3 heterocycles. The average Bonchev–Trinajstić information content (AvgIpc) is 3.42. The first-order valence-corrected chi connectivity index (χ1v) is 12.5. The molecule has 2 aromatic heterocycles. The molecule has 1 N–H and O–H groups in total. The molecule has 2 aliphatic rings. The molecule has 2 aromatic carbocycles. The number of rotatable bonds is 5. The van der Waals surface area contributed by atoms with Crippen LogP contribution in [0.4, 0.5) is 0 Å². The van der Waals surface area contributed by atoms with Crippen LogP contribution in [0.1, 0.15) is 29.9 Å². The third kappa shape index (κ3) is 3.42. The summed E-state index contributed by atoms with van der Waals surface area (Å²) in [5, 5.41) is 0.940. The van der Waals surface area contributed by atoms with Crippen molar-refractivity contribution in [3.8, 4) is 5.75 Å². The molecule has 0 bridgehead atoms. The van der Waals surface area contributed by atoms with Gasteiger partial charge < -0.3 is 14.6 Å². The number of nitrogens with one attached hydrogen (secondary N) is 1. The monoisotopic (exact) mass is 461 g/mol. The number of aromatic nitrogens is 2. The zero-order valence-electron chi connectivity index (χ0n) is 18.7. The summed E-state index contributed by atoms with van der Waals surface area (Å²) < 4.78 is 8.63. The van der Waals surface area contributed by atoms with E-state index in [9.17, 15) is 9.59 Å². The maximum absolute atomic E-state index is 13.1. The van der Waals surface area contributed by atoms with Gasteiger partial charge in [-0.2, -0.15) is 0 Å². The fourth-order valence-corrected chi connectivity index (χ4v) is 6.98. The Balaban J connectivity index is 1.18. The SMILES string of the molecule is COc1cccc2c1CC[C@@H]1CN(CCCn3c(=O)[nH]c4c(sc5ccccc54)c3=O)C[C@H]21. The van der Waals surface area contributed by atoms with E-state index in [0.717, 1.165) is 48.3 Å². The maximum atomic E-state index is 13.1. The number of ether oxygens (including phenoxy) is 1. The lowest BCUT2D eigenvalue weighted by Gasteiger charge is -2.28. The van der Waals surface area contributed by atoms with Crippen LogP contribution in [0.2, 0.25) is 0 Å². The summed E-state index contributed by atoms with van der Waals surface area (Å²) in [6.07, 6.45) is 3.05. The Morgan fingerprint density at radius 3 is 2.85 bits per heavy atom. The van der Waals surface area contributed by atoms with Crippen LogP contribution in [0.15, 0.2) is 52.1 Å². The number of aromatic amines is 1. The van der Waals surface area contributed by atoms with Crippen molar-refractivity contribution in [2.45, 2.75) is 31.7 Å². The lowest BCUT2D eigenvalue weighted by molar-refractivity contribution is 0.308. The Labute approximate surface area is 195 Å². The van der Waals surface area contributed by atoms with Gasteiger partial charge in [0.15, 0.2) is 0 Å². The lowest BCUT2D eigenvalue weighted by Crippen LogP contribution is -2.35. The van der Waals surface area contributed by atoms with E-state index in [0.29, 0.717) is 28.6 Å². The number of H-pyrrole nitrogens is 1. The van der Waals surface area contributed by atoms with Gasteiger partial charge in [-0.25, -0.2) is 4.79 Å². The summed E-state index contributed by atoms with van der Waals surface area (Å²) in [4.78, 5) is 31.2. The van der Waals surface area contributed by atoms with Crippen LogP contribution in [-0.4, -0.2) is 41.2 Å². The molecule has 6 nitrogen and oxygen atoms in total. The van der Waals surface area contributed by atoms with E-state index in [2.05, 4.69) is 28.1 Å². The van der Waals surface area contributed by atoms with Crippen LogP contribution in [0.3, 0.4) is 0 Å². The zero-order valence-corrected chi connectivity index (χ0v) is 19.5. The van der Waals surface area contributed by atoms with Gasteiger partial charge in [-0.05, 0) is 55.0 Å². The molecule has 1 fully saturated rings. The summed E-state index contributed by atoms with van der Waals surface area (Å²) in [5.74, 6) is 2.23. The molecule has 170 valence electrons. The molecule has 7 heteroatoms. The molecule has 1 aliphatic carbocycles. The van der Waals surface area contributed by atoms with Gasteiger partial charge in [0.2, 0.25) is 0 Å². The predicted molar refractivity (Wildman–Crippen MR) is 133 cm³/mol. The number of benzene rings is 2. The highest BCUT2D eigenvalue weighted by molar-refractivity contribution is 7.25. The van der Waals surface area contributed by atoms with Crippen LogP contribution in [-0.2, 0) is 13.0 Å². The first kappa shape index (κ1) is 20.7. The van der Waals surface area contributed by atoms with Crippen LogP contribution in [0.25, 0.3) is 20.3 Å². The Morgan fingerprint density at radius 2 is 1.97 bits per heavy atom. The number of methoxy groups -OCH3 is 1. The summed E-state index contributed by atoms with van der Waals surface area (Å²) >= 11 is 1.46. The Kier molecular flexibility index (Phi) is 5.11. The van der Waals surface area contributed by atoms with Gasteiger partial charge in [0.25, 0.3) is 5.56 Å². The first-order chi connectivity index (χ1) is 16.1. The molecule has 0 unspecified atom stereocenters. The minimum absolute atomic E-state index is 0.175. The molecule has 1 aliphatic heterocycles. The fourth-order valence-electron chi connectivity index (χ4n) is 5.87. The van der Waals surface area contributed by atoms with Gasteiger partial charge >= 0.3 is 5.69 Å². The minimum atomic E-state index is -0.313. The topological polar surface area (TPSA) is 67.3 Å². The molecule has 0 saturated carbocycles. The average molecular weight is 462 g/mol. The molecule has 33 heavy (non-hydrogen) atoms. The Bertz CT molecular complexity index is 1470. The molecular weight excluding hydrogens is 434 g/mol. The van der Waals surface area contributed by atoms with E-state index in [1.807, 2.05) is 24.3 Å². The number of hydrogen-bond acceptors (Lipinski definition) is 5. The highest BCUT2D eigenvalue weighted by Crippen LogP contribution is 2.44. The maximum Gasteiger partial charge on any atom is 0.328 e. The van der Waals surface area contributed by atoms with E-state index in [-0.39, 0.29) is 11.2 Å². The fraction of sp³-hybridized carbons (Fsp3) is 0.385. The van der Waals surface area contributed by atoms with E-state index in [4.69, 9.17) is 4.74 Å². The number of likely N-dealkylation sites (tertiary alicyclic amines) is 1. The van der Waals surface area contributed by atoms with E-state index < -0.39 is 0 Å². The first-order valence-electron chi connectivity index (χ1n) is 11.7. The number of thiophene rings is 1. The van der Waals surface area contributed by atoms with Crippen molar-refractivity contribution in [2.24, 2.45) is 5.92 Å². The number of nitrogens with zero attached hydrogens (tertiary/aromatic N) is 2. The van der Waals surface area contributed by atoms with Crippen molar-refractivity contribution >= 4 is 31.6 Å². The second kappa shape index (κ2) is 8.15. The van der Waals surface area contributed by atoms with Gasteiger partial charge in [0, 0.05) is 35.6 Å². The van der Waals surface area contributed by atoms with Gasteiger partial charge in [-0.1, -0.05) is 30.3 Å². The van der Waals surface area contributed by atoms with E-state index in [1.54, 1.807) is 7.11 Å². The smallest absolute Gasteiger partial charge is 0.328 e. The molecule has 0 spiro atoms. The van der Waals surface area contributed by atoms with Gasteiger partial charge in [0.1, 0.15) is 10.4 Å². The standard InChI is InChI=1S/C26H27N3O3S/c1-32-21-8-4-7-17-18(21)11-10-16-14-28(15-20(16)17)12-5-13-29-25(30)24-23(27-26(29)31)19-6-2-3-9-22(19)33-24/h2-4,6-9,16,20H,5,10-15H2,1H3,(H,27,31)/t16-,20+/m1/s1. The van der Waals surface area contributed by atoms with Crippen molar-refractivity contribution in [1.29, 1.82) is 0 Å². The summed E-state index contributed by atoms with van der Waals surface area (Å²) in [7, 11) is 1.75. The molecule has 1 saturated heterocycles. The zero-order chi connectivity index (χ0) is 22.5. The lowest BCUT2D eigenvalue weighted by atomic mass is 9.77. The number of fused-ring (bicyclic) bond motifs is 6. The van der Waals surface area contributed by atoms with Gasteiger partial charge in [-0.15, -0.1) is 11.3 Å². The minimum Gasteiger partial charge on any atom is -0.496 e. The van der Waals surface area contributed by atoms with Crippen LogP contribution < -0.4 is 16.0 Å². The van der Waals surface area contributed by atoms with Crippen LogP contribution >= 0.6 is 11.3 Å². The van der Waals surface area contributed by atoms with Crippen molar-refractivity contribution in [3.05, 3.63) is 74.4 Å². The normalized spacial score (nSPS) is 20.3. The Morgan fingerprint density at radius 1 is 1.09 bits per heavy atom. The molecule has 6 rings (SSSR count). The van der Waals surface area contributed by atoms with Crippen molar-refractivity contribution in [1.82, 2.24) is 14.5 Å². The van der Waals surface area contributed by atoms with E-state index >= 15 is 0 Å². The summed E-state index contributed by atoms with van der Waals surface area (Å²) in [5.41, 5.74) is 2.99. The van der Waals surface area contributed by atoms with Crippen molar-refractivity contribution < 1.29 is 4.74 Å². The molecule has 4 aromatic rings. The van der Waals surface area contributed by atoms with Crippen molar-refractivity contribution in [3.63, 3.8) is 0 Å². The van der Waals surface area contributed by atoms with Crippen LogP contribution in [0, 0.1) is 5.92 Å². The van der Waals surface area contributed by atoms with E-state index in [1.165, 1.54) is 33.5 Å². The predicted octanol–water partition coefficient (Wildman–Crippen LogP) is 3.97. The molecule has 2 atom stereocenters. The third-order valence-electron chi connectivity index (χ3n) is 7.44. The van der Waals surface area contributed by atoms with Crippen LogP contribution in [0.5, 0.6) is 5.75 Å². The second-order valence-corrected chi connectivity index (χ2v) is 10.3.